The first-order valence-corrected chi connectivity index (χ1v) is 3.82. The van der Waals surface area contributed by atoms with E-state index in [1.54, 1.807) is 7.05 Å². The number of nitrogens with zero attached hydrogens (tertiary/aromatic N) is 1. The van der Waals surface area contributed by atoms with Gasteiger partial charge in [0.2, 0.25) is 0 Å². The third kappa shape index (κ3) is 4.61. The van der Waals surface area contributed by atoms with Crippen LogP contribution in [0.1, 0.15) is 13.3 Å². The number of aliphatic hydroxyl groups is 1. The van der Waals surface area contributed by atoms with Gasteiger partial charge in [0.1, 0.15) is 0 Å². The maximum absolute atomic E-state index is 11.0. The summed E-state index contributed by atoms with van der Waals surface area (Å²) in [6.07, 6.45) is 0.929. The number of likely N-dealkylation sites (N-methyl/N-ethyl adjacent to an activating group) is 1. The predicted molar refractivity (Wildman–Crippen MR) is 43.4 cm³/mol. The third-order valence-corrected chi connectivity index (χ3v) is 1.31. The molecule has 0 bridgehead atoms. The Balaban J connectivity index is 3.47. The van der Waals surface area contributed by atoms with Gasteiger partial charge in [-0.1, -0.05) is 6.92 Å². The Bertz CT molecular complexity index is 117. The molecule has 0 rings (SSSR count). The number of nitrogens with one attached hydrogen (secondary N) is 1. The number of aliphatic hydroxyl groups excluding tert-OH is 1. The highest BCUT2D eigenvalue weighted by atomic mass is 16.3. The second kappa shape index (κ2) is 5.97. The molecule has 0 atom stereocenters. The smallest absolute Gasteiger partial charge is 0.317 e. The fraction of sp³-hybridized carbons (Fsp3) is 0.857. The molecule has 2 amide bonds. The van der Waals surface area contributed by atoms with Crippen molar-refractivity contribution < 1.29 is 9.90 Å². The van der Waals surface area contributed by atoms with Gasteiger partial charge in [0.05, 0.1) is 6.61 Å². The van der Waals surface area contributed by atoms with E-state index in [-0.39, 0.29) is 12.6 Å². The zero-order valence-electron chi connectivity index (χ0n) is 7.13. The molecule has 4 nitrogen and oxygen atoms in total. The van der Waals surface area contributed by atoms with Crippen molar-refractivity contribution >= 4 is 6.03 Å². The van der Waals surface area contributed by atoms with Gasteiger partial charge in [0.25, 0.3) is 0 Å². The van der Waals surface area contributed by atoms with Gasteiger partial charge >= 0.3 is 6.03 Å². The number of carbonyl (C=O) groups excluding carboxylic acids is 1. The van der Waals surface area contributed by atoms with Gasteiger partial charge in [0.15, 0.2) is 0 Å². The van der Waals surface area contributed by atoms with E-state index < -0.39 is 0 Å². The summed E-state index contributed by atoms with van der Waals surface area (Å²) in [4.78, 5) is 12.4. The number of hydrogen-bond acceptors (Lipinski definition) is 2. The second-order valence-corrected chi connectivity index (χ2v) is 2.38. The molecule has 0 fully saturated rings. The predicted octanol–water partition coefficient (Wildman–Crippen LogP) is 0.0301. The zero-order valence-corrected chi connectivity index (χ0v) is 7.13. The Morgan fingerprint density at radius 1 is 1.64 bits per heavy atom. The molecule has 0 spiro atoms. The molecule has 0 aliphatic carbocycles. The minimum absolute atomic E-state index is 0.00997. The Morgan fingerprint density at radius 2 is 2.27 bits per heavy atom. The summed E-state index contributed by atoms with van der Waals surface area (Å²) in [6, 6.07) is -0.124. The quantitative estimate of drug-likeness (QED) is 0.609. The SMILES string of the molecule is CCCNC(=O)N(C)CCO. The van der Waals surface area contributed by atoms with Crippen molar-refractivity contribution in [3.63, 3.8) is 0 Å². The summed E-state index contributed by atoms with van der Waals surface area (Å²) in [5.74, 6) is 0. The van der Waals surface area contributed by atoms with Crippen LogP contribution in [-0.4, -0.2) is 42.8 Å². The van der Waals surface area contributed by atoms with Crippen LogP contribution in [0.25, 0.3) is 0 Å². The first kappa shape index (κ1) is 10.2. The largest absolute Gasteiger partial charge is 0.395 e. The molecule has 0 aromatic rings. The lowest BCUT2D eigenvalue weighted by molar-refractivity contribution is 0.190. The van der Waals surface area contributed by atoms with Gasteiger partial charge in [-0.2, -0.15) is 0 Å². The van der Waals surface area contributed by atoms with Crippen molar-refractivity contribution in [3.8, 4) is 0 Å². The molecule has 0 aliphatic heterocycles. The van der Waals surface area contributed by atoms with Crippen LogP contribution >= 0.6 is 0 Å². The molecule has 0 unspecified atom stereocenters. The summed E-state index contributed by atoms with van der Waals surface area (Å²) in [6.45, 7) is 3.08. The summed E-state index contributed by atoms with van der Waals surface area (Å²) < 4.78 is 0. The van der Waals surface area contributed by atoms with Crippen molar-refractivity contribution in [2.24, 2.45) is 0 Å². The fourth-order valence-electron chi connectivity index (χ4n) is 0.618. The van der Waals surface area contributed by atoms with Crippen molar-refractivity contribution in [1.82, 2.24) is 10.2 Å². The van der Waals surface area contributed by atoms with Crippen molar-refractivity contribution in [2.75, 3.05) is 26.7 Å². The van der Waals surface area contributed by atoms with E-state index >= 15 is 0 Å². The van der Waals surface area contributed by atoms with E-state index in [2.05, 4.69) is 5.32 Å². The molecule has 2 N–H and O–H groups in total. The Morgan fingerprint density at radius 3 is 2.73 bits per heavy atom. The Kier molecular flexibility index (Phi) is 5.56. The number of carbonyl (C=O) groups is 1. The maximum atomic E-state index is 11.0. The van der Waals surface area contributed by atoms with Crippen molar-refractivity contribution in [3.05, 3.63) is 0 Å². The Labute approximate surface area is 67.2 Å². The van der Waals surface area contributed by atoms with Crippen LogP contribution < -0.4 is 5.32 Å². The van der Waals surface area contributed by atoms with Crippen LogP contribution in [0.2, 0.25) is 0 Å². The summed E-state index contributed by atoms with van der Waals surface area (Å²) >= 11 is 0. The first-order valence-electron chi connectivity index (χ1n) is 3.82. The van der Waals surface area contributed by atoms with Gasteiger partial charge in [-0.15, -0.1) is 0 Å². The fourth-order valence-corrected chi connectivity index (χ4v) is 0.618. The molecule has 0 radical (unpaired) electrons. The molecule has 0 heterocycles. The number of hydrogen-bond donors (Lipinski definition) is 2. The average Bonchev–Trinajstić information content (AvgIpc) is 2.00. The van der Waals surface area contributed by atoms with Gasteiger partial charge in [-0.25, -0.2) is 4.79 Å². The molecule has 0 aromatic heterocycles. The lowest BCUT2D eigenvalue weighted by Gasteiger charge is -2.15. The second-order valence-electron chi connectivity index (χ2n) is 2.38. The normalized spacial score (nSPS) is 9.36. The third-order valence-electron chi connectivity index (χ3n) is 1.31. The van der Waals surface area contributed by atoms with Crippen LogP contribution in [0.3, 0.4) is 0 Å². The van der Waals surface area contributed by atoms with Crippen LogP contribution in [0, 0.1) is 0 Å². The minimum Gasteiger partial charge on any atom is -0.395 e. The van der Waals surface area contributed by atoms with E-state index in [0.717, 1.165) is 6.42 Å². The summed E-state index contributed by atoms with van der Waals surface area (Å²) in [5.41, 5.74) is 0. The number of urea groups is 1. The highest BCUT2D eigenvalue weighted by Gasteiger charge is 2.04. The van der Waals surface area contributed by atoms with Gasteiger partial charge < -0.3 is 15.3 Å². The zero-order chi connectivity index (χ0) is 8.69. The van der Waals surface area contributed by atoms with Crippen LogP contribution in [0.4, 0.5) is 4.79 Å². The van der Waals surface area contributed by atoms with E-state index in [1.165, 1.54) is 4.90 Å². The van der Waals surface area contributed by atoms with E-state index in [4.69, 9.17) is 5.11 Å². The highest BCUT2D eigenvalue weighted by molar-refractivity contribution is 5.73. The number of rotatable bonds is 4. The topological polar surface area (TPSA) is 52.6 Å². The summed E-state index contributed by atoms with van der Waals surface area (Å²) in [7, 11) is 1.65. The summed E-state index contributed by atoms with van der Waals surface area (Å²) in [5, 5.41) is 11.2. The lowest BCUT2D eigenvalue weighted by Crippen LogP contribution is -2.38. The molecule has 66 valence electrons. The Hall–Kier alpha value is -0.770. The van der Waals surface area contributed by atoms with Crippen LogP contribution in [0.5, 0.6) is 0 Å². The van der Waals surface area contributed by atoms with Gasteiger partial charge in [-0.3, -0.25) is 0 Å². The standard InChI is InChI=1S/C7H16N2O2/c1-3-4-8-7(11)9(2)5-6-10/h10H,3-6H2,1-2H3,(H,8,11). The molecule has 0 aliphatic rings. The molecule has 0 saturated carbocycles. The van der Waals surface area contributed by atoms with Gasteiger partial charge in [-0.05, 0) is 6.42 Å². The minimum atomic E-state index is -0.124. The van der Waals surface area contributed by atoms with E-state index in [0.29, 0.717) is 13.1 Å². The highest BCUT2D eigenvalue weighted by Crippen LogP contribution is 1.82. The molecule has 11 heavy (non-hydrogen) atoms. The molecule has 4 heteroatoms. The lowest BCUT2D eigenvalue weighted by atomic mass is 10.5. The monoisotopic (exact) mass is 160 g/mol. The van der Waals surface area contributed by atoms with E-state index in [9.17, 15) is 4.79 Å². The number of amides is 2. The van der Waals surface area contributed by atoms with Crippen LogP contribution in [0.15, 0.2) is 0 Å². The van der Waals surface area contributed by atoms with Crippen molar-refractivity contribution in [1.29, 1.82) is 0 Å². The molecular weight excluding hydrogens is 144 g/mol. The molecule has 0 aromatic carbocycles. The van der Waals surface area contributed by atoms with E-state index in [1.807, 2.05) is 6.92 Å². The first-order chi connectivity index (χ1) is 5.22. The van der Waals surface area contributed by atoms with Crippen LogP contribution in [-0.2, 0) is 0 Å². The average molecular weight is 160 g/mol. The molecule has 0 saturated heterocycles. The van der Waals surface area contributed by atoms with Crippen molar-refractivity contribution in [2.45, 2.75) is 13.3 Å². The maximum Gasteiger partial charge on any atom is 0.317 e. The molecular formula is C7H16N2O2. The van der Waals surface area contributed by atoms with Gasteiger partial charge in [0, 0.05) is 20.1 Å².